The summed E-state index contributed by atoms with van der Waals surface area (Å²) in [5, 5.41) is 2.74. The average Bonchev–Trinajstić information content (AvgIpc) is 2.43. The number of halogens is 1. The molecule has 3 nitrogen and oxygen atoms in total. The number of fused-ring (bicyclic) bond motifs is 1. The number of aryl methyl sites for hydroxylation is 1. The number of benzene rings is 1. The number of alkyl halides is 1. The number of allylic oxidation sites excluding steroid dienone is 1. The lowest BCUT2D eigenvalue weighted by Gasteiger charge is -2.35. The highest BCUT2D eigenvalue weighted by Crippen LogP contribution is 2.32. The Kier molecular flexibility index (Phi) is 4.20. The van der Waals surface area contributed by atoms with E-state index in [0.717, 1.165) is 18.6 Å². The number of para-hydroxylation sites is 1. The number of nitrogens with one attached hydrogen (secondary N) is 1. The molecular weight excluding hydrogens is 245 g/mol. The van der Waals surface area contributed by atoms with Crippen LogP contribution < -0.4 is 10.1 Å². The van der Waals surface area contributed by atoms with Gasteiger partial charge in [0.25, 0.3) is 0 Å². The fraction of sp³-hybridized carbons (Fsp3) is 0.400. The lowest BCUT2D eigenvalue weighted by Crippen LogP contribution is -2.46. The van der Waals surface area contributed by atoms with Crippen LogP contribution in [0, 0.1) is 0 Å². The third kappa shape index (κ3) is 3.56. The maximum absolute atomic E-state index is 11.9. The predicted octanol–water partition coefficient (Wildman–Crippen LogP) is 2.41. The molecule has 1 aromatic rings. The molecule has 0 spiro atoms. The van der Waals surface area contributed by atoms with E-state index in [2.05, 4.69) is 11.4 Å². The van der Waals surface area contributed by atoms with Crippen LogP contribution in [0.1, 0.15) is 18.9 Å². The summed E-state index contributed by atoms with van der Waals surface area (Å²) >= 11 is 0. The van der Waals surface area contributed by atoms with Gasteiger partial charge in [0.05, 0.1) is 6.54 Å². The smallest absolute Gasteiger partial charge is 0.243 e. The van der Waals surface area contributed by atoms with Crippen LogP contribution in [0.15, 0.2) is 36.4 Å². The first-order chi connectivity index (χ1) is 9.13. The number of carbonyl (C=O) groups is 1. The maximum atomic E-state index is 11.9. The van der Waals surface area contributed by atoms with Gasteiger partial charge in [-0.1, -0.05) is 18.2 Å². The molecule has 4 heteroatoms. The van der Waals surface area contributed by atoms with Crippen molar-refractivity contribution >= 4 is 5.91 Å². The highest BCUT2D eigenvalue weighted by molar-refractivity contribution is 5.87. The third-order valence-corrected chi connectivity index (χ3v) is 3.25. The van der Waals surface area contributed by atoms with Crippen LogP contribution in [0.2, 0.25) is 0 Å². The molecule has 2 rings (SSSR count). The van der Waals surface area contributed by atoms with E-state index in [-0.39, 0.29) is 5.91 Å². The Morgan fingerprint density at radius 3 is 3.11 bits per heavy atom. The van der Waals surface area contributed by atoms with Gasteiger partial charge in [-0.25, -0.2) is 4.39 Å². The standard InChI is InChI=1S/C15H18FNO2/c1-15(11-17-14(18)7-4-10-16)9-8-12-5-2-3-6-13(12)19-15/h2-7H,8-11H2,1H3,(H,17,18)/b7-4+. The van der Waals surface area contributed by atoms with E-state index in [4.69, 9.17) is 4.74 Å². The van der Waals surface area contributed by atoms with Crippen LogP contribution in [0.4, 0.5) is 4.39 Å². The van der Waals surface area contributed by atoms with Crippen molar-refractivity contribution in [1.29, 1.82) is 0 Å². The maximum Gasteiger partial charge on any atom is 0.243 e. The van der Waals surface area contributed by atoms with E-state index in [1.165, 1.54) is 17.7 Å². The molecule has 1 N–H and O–H groups in total. The van der Waals surface area contributed by atoms with Gasteiger partial charge in [0.1, 0.15) is 18.0 Å². The quantitative estimate of drug-likeness (QED) is 0.847. The van der Waals surface area contributed by atoms with Crippen LogP contribution in [-0.4, -0.2) is 24.7 Å². The van der Waals surface area contributed by atoms with Gasteiger partial charge >= 0.3 is 0 Å². The molecular formula is C15H18FNO2. The van der Waals surface area contributed by atoms with Crippen molar-refractivity contribution in [3.63, 3.8) is 0 Å². The van der Waals surface area contributed by atoms with E-state index >= 15 is 0 Å². The number of hydrogen-bond donors (Lipinski definition) is 1. The van der Waals surface area contributed by atoms with Gasteiger partial charge < -0.3 is 10.1 Å². The number of amides is 1. The Labute approximate surface area is 112 Å². The Bertz CT molecular complexity index is 487. The predicted molar refractivity (Wildman–Crippen MR) is 71.9 cm³/mol. The molecule has 0 bridgehead atoms. The average molecular weight is 263 g/mol. The molecule has 19 heavy (non-hydrogen) atoms. The minimum atomic E-state index is -0.630. The van der Waals surface area contributed by atoms with Crippen LogP contribution in [-0.2, 0) is 11.2 Å². The molecule has 1 heterocycles. The first kappa shape index (κ1) is 13.6. The van der Waals surface area contributed by atoms with Crippen molar-refractivity contribution in [3.05, 3.63) is 42.0 Å². The van der Waals surface area contributed by atoms with E-state index in [1.54, 1.807) is 0 Å². The van der Waals surface area contributed by atoms with Crippen molar-refractivity contribution in [2.75, 3.05) is 13.2 Å². The highest BCUT2D eigenvalue weighted by atomic mass is 19.1. The van der Waals surface area contributed by atoms with Gasteiger partial charge in [0.15, 0.2) is 0 Å². The van der Waals surface area contributed by atoms with Crippen molar-refractivity contribution in [3.8, 4) is 5.75 Å². The second-order valence-corrected chi connectivity index (χ2v) is 4.93. The molecule has 1 unspecified atom stereocenters. The molecule has 0 radical (unpaired) electrons. The van der Waals surface area contributed by atoms with Gasteiger partial charge in [0, 0.05) is 6.08 Å². The van der Waals surface area contributed by atoms with Crippen molar-refractivity contribution in [1.82, 2.24) is 5.32 Å². The normalized spacial score (nSPS) is 21.8. The minimum Gasteiger partial charge on any atom is -0.485 e. The van der Waals surface area contributed by atoms with Crippen LogP contribution in [0.3, 0.4) is 0 Å². The molecule has 0 fully saturated rings. The summed E-state index contributed by atoms with van der Waals surface area (Å²) in [5.74, 6) is 0.589. The Morgan fingerprint density at radius 2 is 2.32 bits per heavy atom. The lowest BCUT2D eigenvalue weighted by atomic mass is 9.92. The van der Waals surface area contributed by atoms with Gasteiger partial charge in [-0.05, 0) is 37.5 Å². The molecule has 1 amide bonds. The fourth-order valence-electron chi connectivity index (χ4n) is 2.13. The number of carbonyl (C=O) groups excluding carboxylic acids is 1. The lowest BCUT2D eigenvalue weighted by molar-refractivity contribution is -0.117. The zero-order chi connectivity index (χ0) is 13.7. The SMILES string of the molecule is CC1(CNC(=O)/C=C/CF)CCc2ccccc2O1. The largest absolute Gasteiger partial charge is 0.485 e. The molecule has 0 aromatic heterocycles. The third-order valence-electron chi connectivity index (χ3n) is 3.25. The van der Waals surface area contributed by atoms with Crippen LogP contribution in [0.5, 0.6) is 5.75 Å². The second-order valence-electron chi connectivity index (χ2n) is 4.93. The molecule has 1 aromatic carbocycles. The fourth-order valence-corrected chi connectivity index (χ4v) is 2.13. The summed E-state index contributed by atoms with van der Waals surface area (Å²) in [5.41, 5.74) is 0.789. The Balaban J connectivity index is 1.94. The number of hydrogen-bond acceptors (Lipinski definition) is 2. The number of ether oxygens (including phenoxy) is 1. The summed E-state index contributed by atoms with van der Waals surface area (Å²) in [6.07, 6.45) is 4.18. The van der Waals surface area contributed by atoms with E-state index in [1.807, 2.05) is 25.1 Å². The zero-order valence-corrected chi connectivity index (χ0v) is 11.0. The van der Waals surface area contributed by atoms with Gasteiger partial charge in [-0.2, -0.15) is 0 Å². The summed E-state index contributed by atoms with van der Waals surface area (Å²) in [7, 11) is 0. The monoisotopic (exact) mass is 263 g/mol. The highest BCUT2D eigenvalue weighted by Gasteiger charge is 2.31. The van der Waals surface area contributed by atoms with Gasteiger partial charge in [0.2, 0.25) is 5.91 Å². The molecule has 1 atom stereocenters. The first-order valence-corrected chi connectivity index (χ1v) is 6.40. The van der Waals surface area contributed by atoms with Crippen molar-refractivity contribution in [2.24, 2.45) is 0 Å². The first-order valence-electron chi connectivity index (χ1n) is 6.40. The summed E-state index contributed by atoms with van der Waals surface area (Å²) in [6, 6.07) is 7.93. The molecule has 0 saturated heterocycles. The Morgan fingerprint density at radius 1 is 1.53 bits per heavy atom. The van der Waals surface area contributed by atoms with Crippen LogP contribution >= 0.6 is 0 Å². The topological polar surface area (TPSA) is 38.3 Å². The Hall–Kier alpha value is -1.84. The second kappa shape index (κ2) is 5.87. The van der Waals surface area contributed by atoms with Crippen molar-refractivity contribution < 1.29 is 13.9 Å². The molecule has 0 aliphatic carbocycles. The van der Waals surface area contributed by atoms with Crippen molar-refractivity contribution in [2.45, 2.75) is 25.4 Å². The summed E-state index contributed by atoms with van der Waals surface area (Å²) in [6.45, 7) is 1.76. The van der Waals surface area contributed by atoms with Crippen LogP contribution in [0.25, 0.3) is 0 Å². The molecule has 1 aliphatic heterocycles. The molecule has 1 aliphatic rings. The van der Waals surface area contributed by atoms with Gasteiger partial charge in [-0.3, -0.25) is 4.79 Å². The van der Waals surface area contributed by atoms with E-state index in [9.17, 15) is 9.18 Å². The number of rotatable bonds is 4. The summed E-state index contributed by atoms with van der Waals surface area (Å²) < 4.78 is 17.9. The zero-order valence-electron chi connectivity index (χ0n) is 11.0. The molecule has 0 saturated carbocycles. The van der Waals surface area contributed by atoms with Gasteiger partial charge in [-0.15, -0.1) is 0 Å². The minimum absolute atomic E-state index is 0.290. The summed E-state index contributed by atoms with van der Waals surface area (Å²) in [4.78, 5) is 11.4. The van der Waals surface area contributed by atoms with E-state index < -0.39 is 12.3 Å². The van der Waals surface area contributed by atoms with E-state index in [0.29, 0.717) is 6.54 Å². The molecule has 102 valence electrons.